The highest BCUT2D eigenvalue weighted by Crippen LogP contribution is 2.30. The molecule has 6 heteroatoms. The van der Waals surface area contributed by atoms with Gasteiger partial charge in [-0.1, -0.05) is 35.9 Å². The van der Waals surface area contributed by atoms with Gasteiger partial charge in [0, 0.05) is 17.3 Å². The van der Waals surface area contributed by atoms with Crippen molar-refractivity contribution >= 4 is 39.6 Å². The number of nitrogen functional groups attached to an aromatic ring is 1. The molecule has 0 aliphatic heterocycles. The summed E-state index contributed by atoms with van der Waals surface area (Å²) in [6.45, 7) is 2.04. The van der Waals surface area contributed by atoms with Gasteiger partial charge in [0.15, 0.2) is 11.6 Å². The van der Waals surface area contributed by atoms with Crippen LogP contribution in [0.4, 0.5) is 28.7 Å². The summed E-state index contributed by atoms with van der Waals surface area (Å²) in [6, 6.07) is 17.9. The maximum absolute atomic E-state index is 6.28. The Hall–Kier alpha value is -3.67. The highest BCUT2D eigenvalue weighted by atomic mass is 15.1. The zero-order valence-corrected chi connectivity index (χ0v) is 14.3. The number of rotatable bonds is 4. The lowest BCUT2D eigenvalue weighted by molar-refractivity contribution is 1.17. The number of aromatic nitrogens is 3. The van der Waals surface area contributed by atoms with Crippen LogP contribution < -0.4 is 16.4 Å². The van der Waals surface area contributed by atoms with Crippen LogP contribution in [-0.4, -0.2) is 15.0 Å². The first-order valence-electron chi connectivity index (χ1n) is 8.25. The number of fused-ring (bicyclic) bond motifs is 1. The molecule has 4 N–H and O–H groups in total. The van der Waals surface area contributed by atoms with Crippen LogP contribution in [0.2, 0.25) is 0 Å². The Morgan fingerprint density at radius 2 is 1.54 bits per heavy atom. The predicted octanol–water partition coefficient (Wildman–Crippen LogP) is 4.40. The Labute approximate surface area is 151 Å². The molecule has 0 spiro atoms. The van der Waals surface area contributed by atoms with Gasteiger partial charge >= 0.3 is 0 Å². The molecule has 6 nitrogen and oxygen atoms in total. The lowest BCUT2D eigenvalue weighted by atomic mass is 10.2. The molecule has 4 aromatic rings. The molecule has 0 radical (unpaired) electrons. The third kappa shape index (κ3) is 3.12. The summed E-state index contributed by atoms with van der Waals surface area (Å²) in [5.41, 5.74) is 10.5. The summed E-state index contributed by atoms with van der Waals surface area (Å²) in [5, 5.41) is 7.55. The van der Waals surface area contributed by atoms with E-state index in [0.717, 1.165) is 22.3 Å². The van der Waals surface area contributed by atoms with Crippen LogP contribution in [-0.2, 0) is 0 Å². The topological polar surface area (TPSA) is 88.8 Å². The first-order chi connectivity index (χ1) is 12.7. The fourth-order valence-corrected chi connectivity index (χ4v) is 2.70. The average molecular weight is 342 g/mol. The van der Waals surface area contributed by atoms with E-state index < -0.39 is 0 Å². The molecule has 4 rings (SSSR count). The molecule has 2 aromatic heterocycles. The van der Waals surface area contributed by atoms with Gasteiger partial charge in [0.25, 0.3) is 0 Å². The number of para-hydroxylation sites is 1. The number of hydrogen-bond acceptors (Lipinski definition) is 6. The van der Waals surface area contributed by atoms with Crippen molar-refractivity contribution in [3.63, 3.8) is 0 Å². The normalized spacial score (nSPS) is 10.7. The number of benzene rings is 2. The molecule has 0 saturated heterocycles. The van der Waals surface area contributed by atoms with Gasteiger partial charge in [-0.3, -0.25) is 4.98 Å². The molecule has 0 bridgehead atoms. The monoisotopic (exact) mass is 342 g/mol. The van der Waals surface area contributed by atoms with Crippen molar-refractivity contribution in [1.82, 2.24) is 15.0 Å². The second kappa shape index (κ2) is 6.68. The smallest absolute Gasteiger partial charge is 0.159 e. The first-order valence-corrected chi connectivity index (χ1v) is 8.25. The largest absolute Gasteiger partial charge is 0.393 e. The van der Waals surface area contributed by atoms with Crippen molar-refractivity contribution in [3.8, 4) is 0 Å². The van der Waals surface area contributed by atoms with E-state index in [-0.39, 0.29) is 0 Å². The van der Waals surface area contributed by atoms with Crippen LogP contribution in [0.15, 0.2) is 67.1 Å². The van der Waals surface area contributed by atoms with Crippen molar-refractivity contribution in [2.45, 2.75) is 6.92 Å². The quantitative estimate of drug-likeness (QED) is 0.509. The number of hydrogen-bond donors (Lipinski definition) is 3. The Balaban J connectivity index is 1.66. The second-order valence-corrected chi connectivity index (χ2v) is 5.98. The minimum absolute atomic E-state index is 0.445. The summed E-state index contributed by atoms with van der Waals surface area (Å²) in [6.07, 6.45) is 3.25. The van der Waals surface area contributed by atoms with Gasteiger partial charge in [-0.25, -0.2) is 9.97 Å². The zero-order chi connectivity index (χ0) is 17.9. The number of aryl methyl sites for hydroxylation is 1. The van der Waals surface area contributed by atoms with Crippen molar-refractivity contribution in [2.24, 2.45) is 0 Å². The fourth-order valence-electron chi connectivity index (χ4n) is 2.70. The van der Waals surface area contributed by atoms with Crippen molar-refractivity contribution in [2.75, 3.05) is 16.4 Å². The number of pyridine rings is 1. The molecule has 128 valence electrons. The second-order valence-electron chi connectivity index (χ2n) is 5.98. The van der Waals surface area contributed by atoms with Gasteiger partial charge < -0.3 is 16.4 Å². The maximum Gasteiger partial charge on any atom is 0.159 e. The van der Waals surface area contributed by atoms with E-state index in [1.807, 2.05) is 61.5 Å². The lowest BCUT2D eigenvalue weighted by Crippen LogP contribution is -2.05. The maximum atomic E-state index is 6.28. The minimum atomic E-state index is 0.445. The van der Waals surface area contributed by atoms with Gasteiger partial charge in [0.05, 0.1) is 11.2 Å². The summed E-state index contributed by atoms with van der Waals surface area (Å²) < 4.78 is 0. The zero-order valence-electron chi connectivity index (χ0n) is 14.3. The van der Waals surface area contributed by atoms with Gasteiger partial charge in [-0.2, -0.15) is 0 Å². The molecule has 2 aromatic carbocycles. The predicted molar refractivity (Wildman–Crippen MR) is 106 cm³/mol. The van der Waals surface area contributed by atoms with Crippen molar-refractivity contribution < 1.29 is 0 Å². The van der Waals surface area contributed by atoms with E-state index in [1.54, 1.807) is 6.20 Å². The van der Waals surface area contributed by atoms with Crippen molar-refractivity contribution in [1.29, 1.82) is 0 Å². The summed E-state index contributed by atoms with van der Waals surface area (Å²) in [4.78, 5) is 13.0. The highest BCUT2D eigenvalue weighted by Gasteiger charge is 2.10. The van der Waals surface area contributed by atoms with Gasteiger partial charge in [-0.15, -0.1) is 0 Å². The highest BCUT2D eigenvalue weighted by molar-refractivity contribution is 5.93. The number of nitrogens with two attached hydrogens (primary N) is 1. The Bertz CT molecular complexity index is 1050. The molecular formula is C20H18N6. The third-order valence-corrected chi connectivity index (χ3v) is 4.08. The Morgan fingerprint density at radius 3 is 2.35 bits per heavy atom. The molecule has 26 heavy (non-hydrogen) atoms. The Morgan fingerprint density at radius 1 is 0.808 bits per heavy atom. The summed E-state index contributed by atoms with van der Waals surface area (Å²) >= 11 is 0. The van der Waals surface area contributed by atoms with E-state index in [2.05, 4.69) is 25.6 Å². The van der Waals surface area contributed by atoms with Crippen LogP contribution in [0, 0.1) is 6.92 Å². The minimum Gasteiger partial charge on any atom is -0.393 e. The van der Waals surface area contributed by atoms with Crippen LogP contribution in [0.3, 0.4) is 0 Å². The molecular weight excluding hydrogens is 324 g/mol. The van der Waals surface area contributed by atoms with Crippen LogP contribution in [0.5, 0.6) is 0 Å². The van der Waals surface area contributed by atoms with Crippen LogP contribution in [0.1, 0.15) is 5.56 Å². The Kier molecular flexibility index (Phi) is 4.07. The van der Waals surface area contributed by atoms with E-state index in [9.17, 15) is 0 Å². The van der Waals surface area contributed by atoms with Crippen LogP contribution >= 0.6 is 0 Å². The molecule has 2 heterocycles. The lowest BCUT2D eigenvalue weighted by Gasteiger charge is -2.13. The van der Waals surface area contributed by atoms with E-state index in [4.69, 9.17) is 5.73 Å². The molecule has 0 unspecified atom stereocenters. The molecule has 0 amide bonds. The van der Waals surface area contributed by atoms with Gasteiger partial charge in [-0.05, 0) is 31.2 Å². The third-order valence-electron chi connectivity index (χ3n) is 4.08. The molecule has 0 atom stereocenters. The SMILES string of the molecule is Cc1ccc(Nc2ncnc(Nc3cccc4cccnc34)c2N)cc1. The molecule has 0 aliphatic rings. The standard InChI is InChI=1S/C20H18N6/c1-13-7-9-15(10-8-13)25-19-17(21)20(24-12-23-19)26-16-6-2-4-14-5-3-11-22-18(14)16/h2-12H,21H2,1H3,(H2,23,24,25,26). The van der Waals surface area contributed by atoms with Gasteiger partial charge in [0.2, 0.25) is 0 Å². The van der Waals surface area contributed by atoms with Crippen molar-refractivity contribution in [3.05, 3.63) is 72.7 Å². The summed E-state index contributed by atoms with van der Waals surface area (Å²) in [5.74, 6) is 1.09. The number of anilines is 5. The van der Waals surface area contributed by atoms with E-state index >= 15 is 0 Å². The van der Waals surface area contributed by atoms with Gasteiger partial charge in [0.1, 0.15) is 12.0 Å². The van der Waals surface area contributed by atoms with E-state index in [0.29, 0.717) is 17.3 Å². The first kappa shape index (κ1) is 15.8. The fraction of sp³-hybridized carbons (Fsp3) is 0.0500. The van der Waals surface area contributed by atoms with Crippen LogP contribution in [0.25, 0.3) is 10.9 Å². The van der Waals surface area contributed by atoms with E-state index in [1.165, 1.54) is 11.9 Å². The average Bonchev–Trinajstić information content (AvgIpc) is 2.67. The molecule has 0 aliphatic carbocycles. The number of nitrogens with one attached hydrogen (secondary N) is 2. The molecule has 0 saturated carbocycles. The summed E-state index contributed by atoms with van der Waals surface area (Å²) in [7, 11) is 0. The molecule has 0 fully saturated rings. The number of nitrogens with zero attached hydrogens (tertiary/aromatic N) is 3.